The minimum atomic E-state index is -0.458. The Balaban J connectivity index is 1.50. The third-order valence-corrected chi connectivity index (χ3v) is 5.52. The summed E-state index contributed by atoms with van der Waals surface area (Å²) < 4.78 is 14.5. The van der Waals surface area contributed by atoms with Crippen molar-refractivity contribution in [1.82, 2.24) is 15.6 Å². The van der Waals surface area contributed by atoms with Gasteiger partial charge in [-0.1, -0.05) is 24.3 Å². The van der Waals surface area contributed by atoms with Crippen molar-refractivity contribution in [2.45, 2.75) is 39.3 Å². The molecule has 1 aliphatic rings. The van der Waals surface area contributed by atoms with Crippen LogP contribution in [0.2, 0.25) is 0 Å². The molecule has 2 N–H and O–H groups in total. The van der Waals surface area contributed by atoms with Crippen LogP contribution in [0.1, 0.15) is 50.2 Å². The largest absolute Gasteiger partial charge is 0.349 e. The topological polar surface area (TPSA) is 71.1 Å². The van der Waals surface area contributed by atoms with Crippen LogP contribution in [0, 0.1) is 19.7 Å². The summed E-state index contributed by atoms with van der Waals surface area (Å²) >= 11 is 0. The predicted molar refractivity (Wildman–Crippen MR) is 117 cm³/mol. The van der Waals surface area contributed by atoms with Gasteiger partial charge in [-0.3, -0.25) is 14.6 Å². The second kappa shape index (κ2) is 8.68. The number of nitrogens with one attached hydrogen (secondary N) is 2. The van der Waals surface area contributed by atoms with Gasteiger partial charge < -0.3 is 10.6 Å². The summed E-state index contributed by atoms with van der Waals surface area (Å²) in [5.41, 5.74) is 4.30. The van der Waals surface area contributed by atoms with Gasteiger partial charge in [0.05, 0.1) is 11.3 Å². The molecule has 158 valence electrons. The molecule has 4 rings (SSSR count). The summed E-state index contributed by atoms with van der Waals surface area (Å²) in [6.45, 7) is 4.08. The van der Waals surface area contributed by atoms with Gasteiger partial charge in [-0.15, -0.1) is 0 Å². The van der Waals surface area contributed by atoms with Crippen LogP contribution in [-0.4, -0.2) is 22.8 Å². The van der Waals surface area contributed by atoms with E-state index in [-0.39, 0.29) is 23.4 Å². The summed E-state index contributed by atoms with van der Waals surface area (Å²) in [7, 11) is 0. The van der Waals surface area contributed by atoms with Crippen LogP contribution in [0.5, 0.6) is 0 Å². The van der Waals surface area contributed by atoms with Crippen molar-refractivity contribution < 1.29 is 14.0 Å². The number of rotatable bonds is 6. The number of hydrogen-bond acceptors (Lipinski definition) is 3. The monoisotopic (exact) mass is 417 g/mol. The molecule has 6 heteroatoms. The zero-order valence-electron chi connectivity index (χ0n) is 17.5. The van der Waals surface area contributed by atoms with E-state index in [9.17, 15) is 14.0 Å². The number of halogens is 1. The van der Waals surface area contributed by atoms with Crippen molar-refractivity contribution >= 4 is 11.8 Å². The molecule has 0 unspecified atom stereocenters. The fourth-order valence-corrected chi connectivity index (χ4v) is 3.35. The Hall–Kier alpha value is -3.54. The number of hydrogen-bond donors (Lipinski definition) is 2. The van der Waals surface area contributed by atoms with Gasteiger partial charge >= 0.3 is 0 Å². The predicted octanol–water partition coefficient (Wildman–Crippen LogP) is 4.33. The van der Waals surface area contributed by atoms with Gasteiger partial charge in [0.15, 0.2) is 0 Å². The molecule has 3 aromatic rings. The first-order chi connectivity index (χ1) is 14.9. The minimum absolute atomic E-state index is 0.191. The lowest BCUT2D eigenvalue weighted by atomic mass is 10.00. The van der Waals surface area contributed by atoms with Crippen molar-refractivity contribution in [2.24, 2.45) is 0 Å². The van der Waals surface area contributed by atoms with E-state index in [1.807, 2.05) is 31.2 Å². The molecule has 0 spiro atoms. The summed E-state index contributed by atoms with van der Waals surface area (Å²) in [4.78, 5) is 29.2. The van der Waals surface area contributed by atoms with Crippen LogP contribution in [-0.2, 0) is 6.54 Å². The van der Waals surface area contributed by atoms with Crippen LogP contribution >= 0.6 is 0 Å². The molecule has 0 radical (unpaired) electrons. The van der Waals surface area contributed by atoms with E-state index >= 15 is 0 Å². The zero-order chi connectivity index (χ0) is 22.0. The number of carbonyl (C=O) groups is 2. The lowest BCUT2D eigenvalue weighted by molar-refractivity contribution is 0.0942. The number of amides is 2. The maximum absolute atomic E-state index is 14.5. The summed E-state index contributed by atoms with van der Waals surface area (Å²) in [6, 6.07) is 14.3. The summed E-state index contributed by atoms with van der Waals surface area (Å²) in [5.74, 6) is -0.974. The van der Waals surface area contributed by atoms with E-state index in [0.29, 0.717) is 28.9 Å². The highest BCUT2D eigenvalue weighted by molar-refractivity contribution is 5.96. The van der Waals surface area contributed by atoms with Crippen molar-refractivity contribution in [1.29, 1.82) is 0 Å². The number of aromatic nitrogens is 1. The average Bonchev–Trinajstić information content (AvgIpc) is 3.59. The molecule has 0 bridgehead atoms. The van der Waals surface area contributed by atoms with E-state index in [0.717, 1.165) is 24.0 Å². The first-order valence-corrected chi connectivity index (χ1v) is 10.3. The van der Waals surface area contributed by atoms with E-state index in [1.165, 1.54) is 12.3 Å². The maximum atomic E-state index is 14.5. The second-order valence-corrected chi connectivity index (χ2v) is 7.92. The van der Waals surface area contributed by atoms with Crippen LogP contribution in [0.4, 0.5) is 4.39 Å². The lowest BCUT2D eigenvalue weighted by Gasteiger charge is -2.11. The molecule has 0 saturated heterocycles. The Kier molecular flexibility index (Phi) is 5.80. The van der Waals surface area contributed by atoms with Crippen molar-refractivity contribution in [3.05, 3.63) is 88.4 Å². The molecule has 1 aromatic heterocycles. The molecule has 0 atom stereocenters. The molecular formula is C25H24FN3O2. The third-order valence-electron chi connectivity index (χ3n) is 5.52. The van der Waals surface area contributed by atoms with Crippen LogP contribution in [0.3, 0.4) is 0 Å². The van der Waals surface area contributed by atoms with E-state index in [1.54, 1.807) is 25.1 Å². The SMILES string of the molecule is Cc1ccccc1CNC(=O)c1ccc(-c2cc(C(=O)NC3CC3)cc(F)c2C)nc1. The lowest BCUT2D eigenvalue weighted by Crippen LogP contribution is -2.25. The number of benzene rings is 2. The highest BCUT2D eigenvalue weighted by atomic mass is 19.1. The van der Waals surface area contributed by atoms with E-state index < -0.39 is 5.82 Å². The highest BCUT2D eigenvalue weighted by Crippen LogP contribution is 2.26. The normalized spacial score (nSPS) is 13.0. The van der Waals surface area contributed by atoms with Gasteiger partial charge in [0.2, 0.25) is 0 Å². The van der Waals surface area contributed by atoms with Gasteiger partial charge in [-0.25, -0.2) is 4.39 Å². The maximum Gasteiger partial charge on any atom is 0.253 e. The van der Waals surface area contributed by atoms with E-state index in [4.69, 9.17) is 0 Å². The smallest absolute Gasteiger partial charge is 0.253 e. The Labute approximate surface area is 180 Å². The van der Waals surface area contributed by atoms with Crippen LogP contribution < -0.4 is 10.6 Å². The molecule has 1 saturated carbocycles. The van der Waals surface area contributed by atoms with Crippen molar-refractivity contribution in [3.8, 4) is 11.3 Å². The quantitative estimate of drug-likeness (QED) is 0.627. The zero-order valence-corrected chi connectivity index (χ0v) is 17.5. The second-order valence-electron chi connectivity index (χ2n) is 7.92. The van der Waals surface area contributed by atoms with Gasteiger partial charge in [-0.05, 0) is 67.6 Å². The molecule has 1 heterocycles. The molecule has 0 aliphatic heterocycles. The standard InChI is InChI=1S/C25H24FN3O2/c1-15-5-3-4-6-17(15)13-28-24(30)18-7-10-23(27-14-18)21-11-19(12-22(26)16(21)2)25(31)29-20-8-9-20/h3-7,10-12,14,20H,8-9,13H2,1-2H3,(H,28,30)(H,29,31). The number of carbonyl (C=O) groups excluding carboxylic acids is 2. The first kappa shape index (κ1) is 20.7. The van der Waals surface area contributed by atoms with Gasteiger partial charge in [0.25, 0.3) is 11.8 Å². The molecule has 2 amide bonds. The molecule has 2 aromatic carbocycles. The fourth-order valence-electron chi connectivity index (χ4n) is 3.35. The minimum Gasteiger partial charge on any atom is -0.349 e. The first-order valence-electron chi connectivity index (χ1n) is 10.3. The Morgan fingerprint density at radius 2 is 1.81 bits per heavy atom. The van der Waals surface area contributed by atoms with Gasteiger partial charge in [-0.2, -0.15) is 0 Å². The van der Waals surface area contributed by atoms with Gasteiger partial charge in [0, 0.05) is 29.9 Å². The van der Waals surface area contributed by atoms with Crippen molar-refractivity contribution in [2.75, 3.05) is 0 Å². The highest BCUT2D eigenvalue weighted by Gasteiger charge is 2.24. The van der Waals surface area contributed by atoms with E-state index in [2.05, 4.69) is 15.6 Å². The Bertz CT molecular complexity index is 1140. The van der Waals surface area contributed by atoms with Crippen LogP contribution in [0.25, 0.3) is 11.3 Å². The average molecular weight is 417 g/mol. The van der Waals surface area contributed by atoms with Gasteiger partial charge in [0.1, 0.15) is 5.82 Å². The van der Waals surface area contributed by atoms with Crippen LogP contribution in [0.15, 0.2) is 54.7 Å². The molecular weight excluding hydrogens is 393 g/mol. The number of aryl methyl sites for hydroxylation is 1. The van der Waals surface area contributed by atoms with Crippen molar-refractivity contribution in [3.63, 3.8) is 0 Å². The summed E-state index contributed by atoms with van der Waals surface area (Å²) in [5, 5.41) is 5.76. The summed E-state index contributed by atoms with van der Waals surface area (Å²) in [6.07, 6.45) is 3.39. The molecule has 31 heavy (non-hydrogen) atoms. The third kappa shape index (κ3) is 4.79. The Morgan fingerprint density at radius 1 is 1.03 bits per heavy atom. The molecule has 5 nitrogen and oxygen atoms in total. The fraction of sp³-hybridized carbons (Fsp3) is 0.240. The Morgan fingerprint density at radius 3 is 2.48 bits per heavy atom. The number of nitrogens with zero attached hydrogens (tertiary/aromatic N) is 1. The molecule has 1 fully saturated rings. The molecule has 1 aliphatic carbocycles. The number of pyridine rings is 1.